The topological polar surface area (TPSA) is 67.3 Å². The lowest BCUT2D eigenvalue weighted by Gasteiger charge is -2.34. The minimum atomic E-state index is -0.267. The van der Waals surface area contributed by atoms with Crippen LogP contribution in [0.3, 0.4) is 0 Å². The lowest BCUT2D eigenvalue weighted by atomic mass is 10.0. The van der Waals surface area contributed by atoms with Crippen molar-refractivity contribution in [1.82, 2.24) is 9.97 Å². The number of carbonyl (C=O) groups excluding carboxylic acids is 1. The Morgan fingerprint density at radius 1 is 1.25 bits per heavy atom. The zero-order chi connectivity index (χ0) is 16.8. The molecule has 0 saturated carbocycles. The van der Waals surface area contributed by atoms with E-state index in [9.17, 15) is 4.79 Å². The first-order chi connectivity index (χ1) is 11.8. The van der Waals surface area contributed by atoms with Gasteiger partial charge in [-0.15, -0.1) is 0 Å². The third-order valence-corrected chi connectivity index (χ3v) is 4.12. The van der Waals surface area contributed by atoms with Gasteiger partial charge in [0.25, 0.3) is 0 Å². The Bertz CT molecular complexity index is 670. The fraction of sp³-hybridized carbons (Fsp3) is 0.389. The third kappa shape index (κ3) is 4.01. The van der Waals surface area contributed by atoms with Crippen molar-refractivity contribution >= 4 is 17.6 Å². The number of anilines is 2. The van der Waals surface area contributed by atoms with Crippen molar-refractivity contribution in [2.45, 2.75) is 25.8 Å². The second-order valence-corrected chi connectivity index (χ2v) is 5.75. The number of benzene rings is 1. The molecule has 0 unspecified atom stereocenters. The SMILES string of the molecule is CCOC(=O)c1cccc(N2CCC(Nc3ncccn3)CC2)c1. The molecular formula is C18H22N4O2. The van der Waals surface area contributed by atoms with Gasteiger partial charge in [-0.3, -0.25) is 0 Å². The van der Waals surface area contributed by atoms with Crippen LogP contribution in [0.2, 0.25) is 0 Å². The van der Waals surface area contributed by atoms with E-state index in [2.05, 4.69) is 20.2 Å². The van der Waals surface area contributed by atoms with Gasteiger partial charge in [0, 0.05) is 37.2 Å². The molecule has 2 aromatic rings. The summed E-state index contributed by atoms with van der Waals surface area (Å²) in [7, 11) is 0. The van der Waals surface area contributed by atoms with Gasteiger partial charge >= 0.3 is 5.97 Å². The molecular weight excluding hydrogens is 304 g/mol. The molecule has 0 bridgehead atoms. The van der Waals surface area contributed by atoms with Crippen LogP contribution in [0.15, 0.2) is 42.7 Å². The minimum Gasteiger partial charge on any atom is -0.462 e. The Labute approximate surface area is 141 Å². The van der Waals surface area contributed by atoms with Gasteiger partial charge < -0.3 is 15.0 Å². The maximum Gasteiger partial charge on any atom is 0.338 e. The predicted molar refractivity (Wildman–Crippen MR) is 93.3 cm³/mol. The monoisotopic (exact) mass is 326 g/mol. The van der Waals surface area contributed by atoms with Crippen LogP contribution in [-0.4, -0.2) is 41.7 Å². The van der Waals surface area contributed by atoms with Gasteiger partial charge in [0.2, 0.25) is 5.95 Å². The van der Waals surface area contributed by atoms with Gasteiger partial charge in [0.05, 0.1) is 12.2 Å². The number of nitrogens with zero attached hydrogens (tertiary/aromatic N) is 3. The van der Waals surface area contributed by atoms with Gasteiger partial charge in [0.15, 0.2) is 0 Å². The number of piperidine rings is 1. The second-order valence-electron chi connectivity index (χ2n) is 5.75. The van der Waals surface area contributed by atoms with E-state index in [0.717, 1.165) is 31.6 Å². The summed E-state index contributed by atoms with van der Waals surface area (Å²) in [6.07, 6.45) is 5.49. The molecule has 0 amide bonds. The summed E-state index contributed by atoms with van der Waals surface area (Å²) >= 11 is 0. The van der Waals surface area contributed by atoms with E-state index in [1.54, 1.807) is 18.5 Å². The Kier molecular flexibility index (Phi) is 5.25. The van der Waals surface area contributed by atoms with Gasteiger partial charge in [-0.25, -0.2) is 14.8 Å². The highest BCUT2D eigenvalue weighted by Crippen LogP contribution is 2.22. The van der Waals surface area contributed by atoms with Crippen LogP contribution in [0.5, 0.6) is 0 Å². The van der Waals surface area contributed by atoms with E-state index >= 15 is 0 Å². The summed E-state index contributed by atoms with van der Waals surface area (Å²) in [5.74, 6) is 0.414. The van der Waals surface area contributed by atoms with Gasteiger partial charge in [0.1, 0.15) is 0 Å². The van der Waals surface area contributed by atoms with Crippen molar-refractivity contribution in [1.29, 1.82) is 0 Å². The van der Waals surface area contributed by atoms with E-state index < -0.39 is 0 Å². The molecule has 1 aromatic heterocycles. The van der Waals surface area contributed by atoms with E-state index in [-0.39, 0.29) is 5.97 Å². The number of rotatable bonds is 5. The fourth-order valence-electron chi connectivity index (χ4n) is 2.88. The molecule has 24 heavy (non-hydrogen) atoms. The fourth-order valence-corrected chi connectivity index (χ4v) is 2.88. The molecule has 1 aromatic carbocycles. The molecule has 0 radical (unpaired) electrons. The lowest BCUT2D eigenvalue weighted by Crippen LogP contribution is -2.39. The van der Waals surface area contributed by atoms with Crippen molar-refractivity contribution in [3.05, 3.63) is 48.3 Å². The average Bonchev–Trinajstić information content (AvgIpc) is 2.63. The van der Waals surface area contributed by atoms with Crippen molar-refractivity contribution < 1.29 is 9.53 Å². The molecule has 2 heterocycles. The van der Waals surface area contributed by atoms with Crippen molar-refractivity contribution in [3.8, 4) is 0 Å². The Hall–Kier alpha value is -2.63. The first-order valence-electron chi connectivity index (χ1n) is 8.32. The zero-order valence-electron chi connectivity index (χ0n) is 13.8. The first kappa shape index (κ1) is 16.2. The van der Waals surface area contributed by atoms with Gasteiger partial charge in [-0.1, -0.05) is 6.07 Å². The Balaban J connectivity index is 1.58. The van der Waals surface area contributed by atoms with Gasteiger partial charge in [-0.05, 0) is 44.0 Å². The molecule has 6 heteroatoms. The van der Waals surface area contributed by atoms with Crippen LogP contribution in [0, 0.1) is 0 Å². The highest BCUT2D eigenvalue weighted by molar-refractivity contribution is 5.90. The van der Waals surface area contributed by atoms with E-state index in [1.165, 1.54) is 0 Å². The number of hydrogen-bond donors (Lipinski definition) is 1. The number of nitrogens with one attached hydrogen (secondary N) is 1. The molecule has 6 nitrogen and oxygen atoms in total. The van der Waals surface area contributed by atoms with Crippen LogP contribution in [-0.2, 0) is 4.74 Å². The quantitative estimate of drug-likeness (QED) is 0.852. The summed E-state index contributed by atoms with van der Waals surface area (Å²) in [6, 6.07) is 9.83. The molecule has 0 spiro atoms. The minimum absolute atomic E-state index is 0.267. The Morgan fingerprint density at radius 2 is 2.00 bits per heavy atom. The molecule has 0 atom stereocenters. The van der Waals surface area contributed by atoms with E-state index in [1.807, 2.05) is 31.2 Å². The van der Waals surface area contributed by atoms with Gasteiger partial charge in [-0.2, -0.15) is 0 Å². The standard InChI is InChI=1S/C18H22N4O2/c1-2-24-17(23)14-5-3-6-16(13-14)22-11-7-15(8-12-22)21-18-19-9-4-10-20-18/h3-6,9-10,13,15H,2,7-8,11-12H2,1H3,(H,19,20,21). The second kappa shape index (κ2) is 7.77. The average molecular weight is 326 g/mol. The van der Waals surface area contributed by atoms with E-state index in [0.29, 0.717) is 24.2 Å². The summed E-state index contributed by atoms with van der Waals surface area (Å²) < 4.78 is 5.07. The molecule has 1 aliphatic heterocycles. The van der Waals surface area contributed by atoms with E-state index in [4.69, 9.17) is 4.74 Å². The smallest absolute Gasteiger partial charge is 0.338 e. The van der Waals surface area contributed by atoms with Crippen LogP contribution in [0.4, 0.5) is 11.6 Å². The lowest BCUT2D eigenvalue weighted by molar-refractivity contribution is 0.0526. The van der Waals surface area contributed by atoms with Crippen molar-refractivity contribution in [3.63, 3.8) is 0 Å². The first-order valence-corrected chi connectivity index (χ1v) is 8.32. The molecule has 1 aliphatic rings. The highest BCUT2D eigenvalue weighted by Gasteiger charge is 2.20. The van der Waals surface area contributed by atoms with Crippen molar-refractivity contribution in [2.75, 3.05) is 29.9 Å². The molecule has 1 saturated heterocycles. The molecule has 3 rings (SSSR count). The zero-order valence-corrected chi connectivity index (χ0v) is 13.8. The summed E-state index contributed by atoms with van der Waals surface area (Å²) in [5, 5.41) is 3.38. The highest BCUT2D eigenvalue weighted by atomic mass is 16.5. The molecule has 1 N–H and O–H groups in total. The Morgan fingerprint density at radius 3 is 2.71 bits per heavy atom. The number of esters is 1. The van der Waals surface area contributed by atoms with Crippen LogP contribution in [0.1, 0.15) is 30.1 Å². The molecule has 0 aliphatic carbocycles. The third-order valence-electron chi connectivity index (χ3n) is 4.12. The molecule has 126 valence electrons. The normalized spacial score (nSPS) is 15.1. The van der Waals surface area contributed by atoms with Crippen molar-refractivity contribution in [2.24, 2.45) is 0 Å². The predicted octanol–water partition coefficient (Wildman–Crippen LogP) is 2.73. The number of ether oxygens (including phenoxy) is 1. The maximum absolute atomic E-state index is 11.9. The summed E-state index contributed by atoms with van der Waals surface area (Å²) in [4.78, 5) is 22.6. The largest absolute Gasteiger partial charge is 0.462 e. The van der Waals surface area contributed by atoms with Crippen LogP contribution < -0.4 is 10.2 Å². The van der Waals surface area contributed by atoms with Crippen LogP contribution in [0.25, 0.3) is 0 Å². The maximum atomic E-state index is 11.9. The molecule has 1 fully saturated rings. The number of carbonyl (C=O) groups is 1. The number of hydrogen-bond acceptors (Lipinski definition) is 6. The number of aromatic nitrogens is 2. The van der Waals surface area contributed by atoms with Crippen LogP contribution >= 0.6 is 0 Å². The summed E-state index contributed by atoms with van der Waals surface area (Å²) in [6.45, 7) is 4.06. The summed E-state index contributed by atoms with van der Waals surface area (Å²) in [5.41, 5.74) is 1.67.